The first-order valence-corrected chi connectivity index (χ1v) is 9.33. The highest BCUT2D eigenvalue weighted by Crippen LogP contribution is 2.24. The van der Waals surface area contributed by atoms with E-state index in [0.29, 0.717) is 0 Å². The number of allylic oxidation sites excluding steroid dienone is 1. The molecular weight excluding hydrogens is 358 g/mol. The molecule has 0 aliphatic heterocycles. The van der Waals surface area contributed by atoms with Crippen LogP contribution in [0.4, 0.5) is 0 Å². The molecule has 0 radical (unpaired) electrons. The molecule has 28 heavy (non-hydrogen) atoms. The van der Waals surface area contributed by atoms with Crippen molar-refractivity contribution in [2.45, 2.75) is 38.1 Å². The zero-order chi connectivity index (χ0) is 20.7. The van der Waals surface area contributed by atoms with Crippen LogP contribution in [0.3, 0.4) is 0 Å². The van der Waals surface area contributed by atoms with Crippen LogP contribution in [0, 0.1) is 17.2 Å². The standard InChI is InChI=1S/C21H25N3O4/c1-14(23)18(12-22)19(25)13-28-21(27)17-11-7-6-10-16(17)20(26)24(2)15-8-4-3-5-9-15/h6-7,10-11,15,18H,1,3-5,8-9,13,23H2,2H3/p+1/t18-/m0/s1. The fourth-order valence-corrected chi connectivity index (χ4v) is 3.36. The van der Waals surface area contributed by atoms with Gasteiger partial charge < -0.3 is 15.4 Å². The Morgan fingerprint density at radius 2 is 1.86 bits per heavy atom. The summed E-state index contributed by atoms with van der Waals surface area (Å²) in [4.78, 5) is 39.1. The highest BCUT2D eigenvalue weighted by atomic mass is 16.5. The first-order valence-electron chi connectivity index (χ1n) is 9.33. The zero-order valence-corrected chi connectivity index (χ0v) is 16.1. The average molecular weight is 384 g/mol. The monoisotopic (exact) mass is 384 g/mol. The van der Waals surface area contributed by atoms with Crippen molar-refractivity contribution in [3.63, 3.8) is 0 Å². The first kappa shape index (κ1) is 21.3. The maximum absolute atomic E-state index is 12.9. The summed E-state index contributed by atoms with van der Waals surface area (Å²) < 4.78 is 5.06. The second-order valence-corrected chi connectivity index (χ2v) is 7.02. The Balaban J connectivity index is 2.11. The number of carbonyl (C=O) groups excluding carboxylic acids is 3. The number of nitriles is 1. The molecule has 148 valence electrons. The Labute approximate surface area is 164 Å². The molecule has 1 fully saturated rings. The normalized spacial score (nSPS) is 15.2. The van der Waals surface area contributed by atoms with Crippen LogP contribution < -0.4 is 5.73 Å². The number of hydrogen-bond donors (Lipinski definition) is 1. The summed E-state index contributed by atoms with van der Waals surface area (Å²) in [7, 11) is 1.75. The Morgan fingerprint density at radius 1 is 1.25 bits per heavy atom. The first-order chi connectivity index (χ1) is 13.4. The number of ketones is 1. The predicted molar refractivity (Wildman–Crippen MR) is 102 cm³/mol. The quantitative estimate of drug-likeness (QED) is 0.719. The SMILES string of the molecule is C=C([NH3+])[C@H](C#N)C(=O)COC(=O)c1ccccc1C(=O)N(C)C1CCCCC1. The molecular formula is C21H26N3O4+. The number of esters is 1. The molecule has 1 saturated carbocycles. The van der Waals surface area contributed by atoms with E-state index in [9.17, 15) is 14.4 Å². The van der Waals surface area contributed by atoms with Gasteiger partial charge in [-0.2, -0.15) is 5.26 Å². The van der Waals surface area contributed by atoms with E-state index in [0.717, 1.165) is 25.7 Å². The molecule has 1 aliphatic carbocycles. The van der Waals surface area contributed by atoms with Crippen molar-refractivity contribution in [1.29, 1.82) is 5.26 Å². The number of Topliss-reactive ketones (excluding diaryl/α,β-unsaturated/α-hetero) is 1. The van der Waals surface area contributed by atoms with Crippen LogP contribution in [0.5, 0.6) is 0 Å². The van der Waals surface area contributed by atoms with E-state index in [1.165, 1.54) is 12.5 Å². The molecule has 0 bridgehead atoms. The van der Waals surface area contributed by atoms with Crippen LogP contribution in [0.25, 0.3) is 0 Å². The van der Waals surface area contributed by atoms with Gasteiger partial charge in [0.05, 0.1) is 17.2 Å². The van der Waals surface area contributed by atoms with Crippen LogP contribution in [0.1, 0.15) is 52.8 Å². The van der Waals surface area contributed by atoms with Crippen molar-refractivity contribution >= 4 is 17.7 Å². The van der Waals surface area contributed by atoms with Gasteiger partial charge in [-0.25, -0.2) is 4.79 Å². The summed E-state index contributed by atoms with van der Waals surface area (Å²) in [6.07, 6.45) is 5.26. The van der Waals surface area contributed by atoms with Crippen LogP contribution in [0.2, 0.25) is 0 Å². The summed E-state index contributed by atoms with van der Waals surface area (Å²) >= 11 is 0. The molecule has 3 N–H and O–H groups in total. The molecule has 2 rings (SSSR count). The fourth-order valence-electron chi connectivity index (χ4n) is 3.36. The topological polar surface area (TPSA) is 115 Å². The van der Waals surface area contributed by atoms with E-state index < -0.39 is 24.3 Å². The zero-order valence-electron chi connectivity index (χ0n) is 16.1. The van der Waals surface area contributed by atoms with E-state index in [4.69, 9.17) is 10.00 Å². The summed E-state index contributed by atoms with van der Waals surface area (Å²) in [5.41, 5.74) is 3.98. The number of ether oxygens (including phenoxy) is 1. The highest BCUT2D eigenvalue weighted by Gasteiger charge is 2.28. The summed E-state index contributed by atoms with van der Waals surface area (Å²) in [6.45, 7) is 2.91. The Morgan fingerprint density at radius 3 is 2.43 bits per heavy atom. The minimum absolute atomic E-state index is 0.102. The Hall–Kier alpha value is -2.98. The van der Waals surface area contributed by atoms with Gasteiger partial charge in [-0.05, 0) is 31.6 Å². The molecule has 0 unspecified atom stereocenters. The third kappa shape index (κ3) is 5.05. The van der Waals surface area contributed by atoms with Crippen molar-refractivity contribution in [2.24, 2.45) is 5.92 Å². The molecule has 1 aliphatic rings. The molecule has 1 amide bonds. The minimum Gasteiger partial charge on any atom is -0.454 e. The molecule has 7 heteroatoms. The largest absolute Gasteiger partial charge is 0.454 e. The lowest BCUT2D eigenvalue weighted by Gasteiger charge is -2.31. The number of carbonyl (C=O) groups is 3. The van der Waals surface area contributed by atoms with E-state index in [-0.39, 0.29) is 28.8 Å². The third-order valence-corrected chi connectivity index (χ3v) is 5.02. The second-order valence-electron chi connectivity index (χ2n) is 7.02. The van der Waals surface area contributed by atoms with Crippen LogP contribution in [-0.4, -0.2) is 42.3 Å². The highest BCUT2D eigenvalue weighted by molar-refractivity contribution is 6.05. The number of quaternary nitrogens is 1. The maximum Gasteiger partial charge on any atom is 0.339 e. The van der Waals surface area contributed by atoms with Gasteiger partial charge in [-0.15, -0.1) is 0 Å². The smallest absolute Gasteiger partial charge is 0.339 e. The fraction of sp³-hybridized carbons (Fsp3) is 0.429. The van der Waals surface area contributed by atoms with Gasteiger partial charge in [0.1, 0.15) is 5.70 Å². The van der Waals surface area contributed by atoms with Crippen LogP contribution in [-0.2, 0) is 9.53 Å². The van der Waals surface area contributed by atoms with Gasteiger partial charge in [0.25, 0.3) is 5.91 Å². The lowest BCUT2D eigenvalue weighted by Crippen LogP contribution is -2.51. The van der Waals surface area contributed by atoms with E-state index >= 15 is 0 Å². The number of hydrogen-bond acceptors (Lipinski definition) is 5. The molecule has 0 aromatic heterocycles. The molecule has 0 spiro atoms. The number of rotatable bonds is 7. The Bertz CT molecular complexity index is 806. The van der Waals surface area contributed by atoms with Gasteiger partial charge in [0.2, 0.25) is 0 Å². The molecule has 0 saturated heterocycles. The van der Waals surface area contributed by atoms with Crippen LogP contribution in [0.15, 0.2) is 36.5 Å². The number of benzene rings is 1. The molecule has 1 atom stereocenters. The Kier molecular flexibility index (Phi) is 7.47. The van der Waals surface area contributed by atoms with Crippen molar-refractivity contribution in [2.75, 3.05) is 13.7 Å². The lowest BCUT2D eigenvalue weighted by molar-refractivity contribution is -0.309. The van der Waals surface area contributed by atoms with Crippen molar-refractivity contribution in [3.05, 3.63) is 47.7 Å². The van der Waals surface area contributed by atoms with E-state index in [1.807, 2.05) is 0 Å². The predicted octanol–water partition coefficient (Wildman–Crippen LogP) is 1.71. The maximum atomic E-state index is 12.9. The van der Waals surface area contributed by atoms with Crippen molar-refractivity contribution < 1.29 is 24.9 Å². The summed E-state index contributed by atoms with van der Waals surface area (Å²) in [5, 5.41) is 8.99. The third-order valence-electron chi connectivity index (χ3n) is 5.02. The number of nitrogens with zero attached hydrogens (tertiary/aromatic N) is 2. The van der Waals surface area contributed by atoms with Gasteiger partial charge in [0, 0.05) is 13.1 Å². The molecule has 7 nitrogen and oxygen atoms in total. The number of amides is 1. The van der Waals surface area contributed by atoms with Gasteiger partial charge in [-0.1, -0.05) is 31.4 Å². The molecule has 0 heterocycles. The molecule has 1 aromatic rings. The second kappa shape index (κ2) is 9.81. The van der Waals surface area contributed by atoms with E-state index in [1.54, 1.807) is 36.2 Å². The minimum atomic E-state index is -1.12. The van der Waals surface area contributed by atoms with Crippen LogP contribution >= 0.6 is 0 Å². The van der Waals surface area contributed by atoms with Gasteiger partial charge in [-0.3, -0.25) is 9.59 Å². The lowest BCUT2D eigenvalue weighted by atomic mass is 9.94. The summed E-state index contributed by atoms with van der Waals surface area (Å²) in [6, 6.07) is 8.33. The van der Waals surface area contributed by atoms with Crippen molar-refractivity contribution in [1.82, 2.24) is 4.90 Å². The summed E-state index contributed by atoms with van der Waals surface area (Å²) in [5.74, 6) is -2.74. The van der Waals surface area contributed by atoms with Crippen molar-refractivity contribution in [3.8, 4) is 6.07 Å². The molecule has 1 aromatic carbocycles. The van der Waals surface area contributed by atoms with Gasteiger partial charge >= 0.3 is 5.97 Å². The average Bonchev–Trinajstić information content (AvgIpc) is 2.71. The van der Waals surface area contributed by atoms with Gasteiger partial charge in [0.15, 0.2) is 18.3 Å². The van der Waals surface area contributed by atoms with E-state index in [2.05, 4.69) is 12.3 Å².